The van der Waals surface area contributed by atoms with Crippen molar-refractivity contribution in [3.63, 3.8) is 0 Å². The van der Waals surface area contributed by atoms with Crippen LogP contribution in [0.4, 0.5) is 11.5 Å². The number of hydrogen-bond acceptors (Lipinski definition) is 5. The molecule has 0 bridgehead atoms. The van der Waals surface area contributed by atoms with Gasteiger partial charge in [0.05, 0.1) is 11.3 Å². The average molecular weight is 433 g/mol. The first kappa shape index (κ1) is 21.8. The Bertz CT molecular complexity index is 1120. The van der Waals surface area contributed by atoms with Crippen molar-refractivity contribution in [3.05, 3.63) is 109 Å². The van der Waals surface area contributed by atoms with Gasteiger partial charge in [-0.15, -0.1) is 12.4 Å². The molecule has 2 aromatic heterocycles. The molecular weight excluding hydrogens is 412 g/mol. The van der Waals surface area contributed by atoms with Crippen LogP contribution in [-0.4, -0.2) is 15.9 Å². The highest BCUT2D eigenvalue weighted by atomic mass is 35.5. The van der Waals surface area contributed by atoms with Crippen molar-refractivity contribution in [2.45, 2.75) is 6.54 Å². The maximum Gasteiger partial charge on any atom is 0.259 e. The number of hydrogen-bond donors (Lipinski definition) is 2. The molecule has 2 aromatic carbocycles. The van der Waals surface area contributed by atoms with E-state index in [0.717, 1.165) is 5.56 Å². The summed E-state index contributed by atoms with van der Waals surface area (Å²) in [5.41, 5.74) is 2.07. The zero-order chi connectivity index (χ0) is 20.6. The lowest BCUT2D eigenvalue weighted by atomic mass is 10.2. The third-order valence-corrected chi connectivity index (χ3v) is 4.37. The van der Waals surface area contributed by atoms with Crippen molar-refractivity contribution >= 4 is 29.8 Å². The summed E-state index contributed by atoms with van der Waals surface area (Å²) in [5.74, 6) is 1.49. The lowest BCUT2D eigenvalue weighted by Gasteiger charge is -2.14. The van der Waals surface area contributed by atoms with Gasteiger partial charge in [-0.3, -0.25) is 9.78 Å². The summed E-state index contributed by atoms with van der Waals surface area (Å²) in [7, 11) is 0. The highest BCUT2D eigenvalue weighted by molar-refractivity contribution is 6.08. The van der Waals surface area contributed by atoms with Gasteiger partial charge in [0, 0.05) is 25.1 Å². The maximum absolute atomic E-state index is 13.0. The predicted molar refractivity (Wildman–Crippen MR) is 124 cm³/mol. The Morgan fingerprint density at radius 3 is 2.39 bits per heavy atom. The van der Waals surface area contributed by atoms with E-state index in [9.17, 15) is 4.79 Å². The Hall–Kier alpha value is -3.90. The van der Waals surface area contributed by atoms with E-state index in [1.54, 1.807) is 36.8 Å². The third-order valence-electron chi connectivity index (χ3n) is 4.37. The van der Waals surface area contributed by atoms with Gasteiger partial charge in [-0.05, 0) is 54.1 Å². The second-order valence-electron chi connectivity index (χ2n) is 6.47. The molecule has 4 aromatic rings. The van der Waals surface area contributed by atoms with Gasteiger partial charge in [-0.25, -0.2) is 4.98 Å². The van der Waals surface area contributed by atoms with Gasteiger partial charge in [0.1, 0.15) is 11.6 Å². The molecule has 2 heterocycles. The monoisotopic (exact) mass is 432 g/mol. The molecule has 0 fully saturated rings. The van der Waals surface area contributed by atoms with Crippen LogP contribution in [-0.2, 0) is 6.54 Å². The highest BCUT2D eigenvalue weighted by Crippen LogP contribution is 2.29. The van der Waals surface area contributed by atoms with Crippen molar-refractivity contribution in [3.8, 4) is 11.5 Å². The zero-order valence-corrected chi connectivity index (χ0v) is 17.4. The molecule has 1 amide bonds. The van der Waals surface area contributed by atoms with E-state index in [2.05, 4.69) is 20.6 Å². The van der Waals surface area contributed by atoms with Crippen molar-refractivity contribution in [2.24, 2.45) is 0 Å². The van der Waals surface area contributed by atoms with Crippen LogP contribution in [0.5, 0.6) is 11.5 Å². The molecule has 2 N–H and O–H groups in total. The van der Waals surface area contributed by atoms with Gasteiger partial charge < -0.3 is 15.4 Å². The number of anilines is 2. The average Bonchev–Trinajstić information content (AvgIpc) is 2.80. The summed E-state index contributed by atoms with van der Waals surface area (Å²) in [6, 6.07) is 24.0. The molecule has 0 aliphatic carbocycles. The molecular formula is C24H21ClN4O2. The summed E-state index contributed by atoms with van der Waals surface area (Å²) in [4.78, 5) is 21.3. The molecule has 0 saturated heterocycles. The Balaban J connectivity index is 0.00000272. The lowest BCUT2D eigenvalue weighted by molar-refractivity contribution is 0.102. The van der Waals surface area contributed by atoms with Crippen molar-refractivity contribution in [2.75, 3.05) is 10.6 Å². The second-order valence-corrected chi connectivity index (χ2v) is 6.47. The number of pyridine rings is 2. The Labute approximate surface area is 186 Å². The number of carbonyl (C=O) groups excluding carboxylic acids is 1. The highest BCUT2D eigenvalue weighted by Gasteiger charge is 2.15. The smallest absolute Gasteiger partial charge is 0.259 e. The molecule has 7 heteroatoms. The molecule has 0 unspecified atom stereocenters. The number of para-hydroxylation sites is 3. The number of nitrogens with one attached hydrogen (secondary N) is 2. The van der Waals surface area contributed by atoms with Gasteiger partial charge in [-0.1, -0.05) is 30.3 Å². The topological polar surface area (TPSA) is 76.1 Å². The van der Waals surface area contributed by atoms with E-state index in [4.69, 9.17) is 4.74 Å². The normalized spacial score (nSPS) is 9.94. The van der Waals surface area contributed by atoms with Crippen LogP contribution in [0.3, 0.4) is 0 Å². The van der Waals surface area contributed by atoms with E-state index in [1.807, 2.05) is 60.7 Å². The Morgan fingerprint density at radius 2 is 1.58 bits per heavy atom. The fourth-order valence-electron chi connectivity index (χ4n) is 2.88. The van der Waals surface area contributed by atoms with Gasteiger partial charge in [-0.2, -0.15) is 0 Å². The zero-order valence-electron chi connectivity index (χ0n) is 16.6. The minimum atomic E-state index is -0.274. The van der Waals surface area contributed by atoms with E-state index in [1.165, 1.54) is 0 Å². The fraction of sp³-hybridized carbons (Fsp3) is 0.0417. The number of carbonyl (C=O) groups is 1. The van der Waals surface area contributed by atoms with Crippen molar-refractivity contribution in [1.29, 1.82) is 0 Å². The molecule has 4 rings (SSSR count). The molecule has 0 atom stereocenters. The SMILES string of the molecule is Cl.O=C(Nc1ccccc1Oc1ccccc1)c1cccnc1NCc1ccncc1. The minimum Gasteiger partial charge on any atom is -0.455 e. The number of amides is 1. The van der Waals surface area contributed by atoms with Gasteiger partial charge in [0.15, 0.2) is 5.75 Å². The van der Waals surface area contributed by atoms with E-state index >= 15 is 0 Å². The summed E-state index contributed by atoms with van der Waals surface area (Å²) in [6.45, 7) is 0.535. The first-order valence-electron chi connectivity index (χ1n) is 9.51. The van der Waals surface area contributed by atoms with Crippen LogP contribution in [0.25, 0.3) is 0 Å². The Morgan fingerprint density at radius 1 is 0.839 bits per heavy atom. The van der Waals surface area contributed by atoms with Gasteiger partial charge in [0.2, 0.25) is 0 Å². The van der Waals surface area contributed by atoms with Crippen LogP contribution >= 0.6 is 12.4 Å². The van der Waals surface area contributed by atoms with Crippen LogP contribution in [0, 0.1) is 0 Å². The quantitative estimate of drug-likeness (QED) is 0.400. The fourth-order valence-corrected chi connectivity index (χ4v) is 2.88. The third kappa shape index (κ3) is 5.81. The van der Waals surface area contributed by atoms with Gasteiger partial charge in [0.25, 0.3) is 5.91 Å². The first-order valence-corrected chi connectivity index (χ1v) is 9.51. The number of benzene rings is 2. The molecule has 0 radical (unpaired) electrons. The van der Waals surface area contributed by atoms with Crippen molar-refractivity contribution < 1.29 is 9.53 Å². The standard InChI is InChI=1S/C24H20N4O2.ClH/c29-24(20-9-6-14-26-23(20)27-17-18-12-15-25-16-13-18)28-21-10-4-5-11-22(21)30-19-7-2-1-3-8-19;/h1-16H,17H2,(H,26,27)(H,28,29);1H. The number of ether oxygens (including phenoxy) is 1. The predicted octanol–water partition coefficient (Wildman–Crippen LogP) is 5.56. The van der Waals surface area contributed by atoms with Gasteiger partial charge >= 0.3 is 0 Å². The number of rotatable bonds is 7. The van der Waals surface area contributed by atoms with E-state index < -0.39 is 0 Å². The van der Waals surface area contributed by atoms with Crippen molar-refractivity contribution in [1.82, 2.24) is 9.97 Å². The summed E-state index contributed by atoms with van der Waals surface area (Å²) in [6.07, 6.45) is 5.11. The summed E-state index contributed by atoms with van der Waals surface area (Å²) in [5, 5.41) is 6.15. The number of nitrogens with zero attached hydrogens (tertiary/aromatic N) is 2. The second kappa shape index (κ2) is 10.8. The molecule has 0 aliphatic heterocycles. The van der Waals surface area contributed by atoms with E-state index in [0.29, 0.717) is 35.1 Å². The number of aromatic nitrogens is 2. The molecule has 0 spiro atoms. The van der Waals surface area contributed by atoms with Crippen LogP contribution in [0.1, 0.15) is 15.9 Å². The molecule has 6 nitrogen and oxygen atoms in total. The minimum absolute atomic E-state index is 0. The Kier molecular flexibility index (Phi) is 7.56. The van der Waals surface area contributed by atoms with E-state index in [-0.39, 0.29) is 18.3 Å². The lowest BCUT2D eigenvalue weighted by Crippen LogP contribution is -2.16. The summed E-state index contributed by atoms with van der Waals surface area (Å²) < 4.78 is 5.93. The summed E-state index contributed by atoms with van der Waals surface area (Å²) >= 11 is 0. The first-order chi connectivity index (χ1) is 14.8. The molecule has 0 saturated carbocycles. The maximum atomic E-state index is 13.0. The molecule has 0 aliphatic rings. The van der Waals surface area contributed by atoms with Crippen LogP contribution < -0.4 is 15.4 Å². The largest absolute Gasteiger partial charge is 0.455 e. The molecule has 31 heavy (non-hydrogen) atoms. The number of halogens is 1. The van der Waals surface area contributed by atoms with Crippen LogP contribution in [0.15, 0.2) is 97.5 Å². The van der Waals surface area contributed by atoms with Crippen LogP contribution in [0.2, 0.25) is 0 Å². The molecule has 156 valence electrons.